The molecule has 1 aromatic heterocycles. The highest BCUT2D eigenvalue weighted by Crippen LogP contribution is 2.34. The van der Waals surface area contributed by atoms with Crippen molar-refractivity contribution in [2.45, 2.75) is 51.5 Å². The topological polar surface area (TPSA) is 80.0 Å². The Morgan fingerprint density at radius 3 is 2.43 bits per heavy atom. The number of aromatic nitrogens is 2. The van der Waals surface area contributed by atoms with Gasteiger partial charge in [0.1, 0.15) is 11.5 Å². The molecule has 2 heterocycles. The SMILES string of the molecule is CC(C)c1ccc(OCn2ccc(C(=O)N3N=C(C(F)F)C[C@@]3(O)C(F)F)n2)cc1. The highest BCUT2D eigenvalue weighted by molar-refractivity contribution is 5.97. The smallest absolute Gasteiger partial charge is 0.297 e. The molecule has 0 saturated heterocycles. The lowest BCUT2D eigenvalue weighted by molar-refractivity contribution is -0.164. The largest absolute Gasteiger partial charge is 0.471 e. The molecule has 162 valence electrons. The summed E-state index contributed by atoms with van der Waals surface area (Å²) < 4.78 is 59.0. The minimum absolute atomic E-state index is 0.0304. The van der Waals surface area contributed by atoms with Gasteiger partial charge in [-0.15, -0.1) is 0 Å². The van der Waals surface area contributed by atoms with Crippen molar-refractivity contribution < 1.29 is 32.2 Å². The van der Waals surface area contributed by atoms with Gasteiger partial charge in [0.25, 0.3) is 18.8 Å². The molecule has 11 heteroatoms. The van der Waals surface area contributed by atoms with Crippen LogP contribution in [0.3, 0.4) is 0 Å². The molecule has 1 aromatic carbocycles. The van der Waals surface area contributed by atoms with Gasteiger partial charge in [0.2, 0.25) is 5.72 Å². The van der Waals surface area contributed by atoms with Gasteiger partial charge in [0, 0.05) is 12.6 Å². The Labute approximate surface area is 169 Å². The third kappa shape index (κ3) is 4.30. The summed E-state index contributed by atoms with van der Waals surface area (Å²) in [4.78, 5) is 12.5. The van der Waals surface area contributed by atoms with E-state index >= 15 is 0 Å². The highest BCUT2D eigenvalue weighted by Gasteiger charge is 2.53. The number of carbonyl (C=O) groups is 1. The number of hydrogen-bond donors (Lipinski definition) is 1. The summed E-state index contributed by atoms with van der Waals surface area (Å²) in [5, 5.41) is 17.1. The van der Waals surface area contributed by atoms with Crippen molar-refractivity contribution in [3.05, 3.63) is 47.8 Å². The van der Waals surface area contributed by atoms with E-state index in [0.717, 1.165) is 5.56 Å². The average Bonchev–Trinajstić information content (AvgIpc) is 3.31. The summed E-state index contributed by atoms with van der Waals surface area (Å²) in [6.45, 7) is 4.03. The first kappa shape index (κ1) is 21.8. The summed E-state index contributed by atoms with van der Waals surface area (Å²) in [5.74, 6) is -0.307. The highest BCUT2D eigenvalue weighted by atomic mass is 19.3. The number of ether oxygens (including phenoxy) is 1. The van der Waals surface area contributed by atoms with Gasteiger partial charge in [-0.05, 0) is 29.7 Å². The fourth-order valence-electron chi connectivity index (χ4n) is 2.85. The number of carbonyl (C=O) groups excluding carboxylic acids is 1. The fraction of sp³-hybridized carbons (Fsp3) is 0.421. The second-order valence-corrected chi connectivity index (χ2v) is 7.10. The maximum absolute atomic E-state index is 13.3. The van der Waals surface area contributed by atoms with Gasteiger partial charge in [0.15, 0.2) is 12.4 Å². The zero-order valence-electron chi connectivity index (χ0n) is 16.2. The number of hydrogen-bond acceptors (Lipinski definition) is 5. The van der Waals surface area contributed by atoms with Gasteiger partial charge in [-0.3, -0.25) is 4.79 Å². The van der Waals surface area contributed by atoms with Gasteiger partial charge < -0.3 is 9.84 Å². The first-order valence-corrected chi connectivity index (χ1v) is 9.08. The molecule has 1 N–H and O–H groups in total. The van der Waals surface area contributed by atoms with E-state index in [-0.39, 0.29) is 17.4 Å². The third-order valence-electron chi connectivity index (χ3n) is 4.60. The van der Waals surface area contributed by atoms with Crippen LogP contribution in [0.4, 0.5) is 17.6 Å². The van der Waals surface area contributed by atoms with E-state index in [1.54, 1.807) is 12.1 Å². The maximum Gasteiger partial charge on any atom is 0.297 e. The molecule has 0 spiro atoms. The van der Waals surface area contributed by atoms with Crippen LogP contribution in [0.1, 0.15) is 42.2 Å². The Kier molecular flexibility index (Phi) is 6.11. The first-order chi connectivity index (χ1) is 14.1. The normalized spacial score (nSPS) is 19.1. The monoisotopic (exact) mass is 428 g/mol. The van der Waals surface area contributed by atoms with Gasteiger partial charge in [-0.25, -0.2) is 22.2 Å². The molecule has 1 atom stereocenters. The lowest BCUT2D eigenvalue weighted by atomic mass is 10.0. The summed E-state index contributed by atoms with van der Waals surface area (Å²) in [7, 11) is 0. The van der Waals surface area contributed by atoms with Crippen LogP contribution in [0.25, 0.3) is 0 Å². The summed E-state index contributed by atoms with van der Waals surface area (Å²) in [6.07, 6.45) is -6.48. The van der Waals surface area contributed by atoms with Crippen molar-refractivity contribution in [2.75, 3.05) is 0 Å². The molecule has 0 bridgehead atoms. The summed E-state index contributed by atoms with van der Waals surface area (Å²) in [6, 6.07) is 8.57. The predicted octanol–water partition coefficient (Wildman–Crippen LogP) is 3.46. The lowest BCUT2D eigenvalue weighted by Gasteiger charge is -2.29. The quantitative estimate of drug-likeness (QED) is 0.685. The molecule has 1 aliphatic rings. The Morgan fingerprint density at radius 2 is 1.87 bits per heavy atom. The van der Waals surface area contributed by atoms with Crippen LogP contribution in [-0.4, -0.2) is 50.1 Å². The molecule has 0 radical (unpaired) electrons. The number of halogens is 4. The van der Waals surface area contributed by atoms with E-state index in [1.807, 2.05) is 12.1 Å². The Balaban J connectivity index is 1.71. The van der Waals surface area contributed by atoms with Crippen LogP contribution in [0.2, 0.25) is 0 Å². The van der Waals surface area contributed by atoms with Crippen LogP contribution >= 0.6 is 0 Å². The van der Waals surface area contributed by atoms with Crippen molar-refractivity contribution in [1.82, 2.24) is 14.8 Å². The minimum atomic E-state index is -3.50. The second-order valence-electron chi connectivity index (χ2n) is 7.10. The van der Waals surface area contributed by atoms with Crippen LogP contribution in [-0.2, 0) is 6.73 Å². The fourth-order valence-corrected chi connectivity index (χ4v) is 2.85. The van der Waals surface area contributed by atoms with Gasteiger partial charge >= 0.3 is 0 Å². The molecule has 0 saturated carbocycles. The molecule has 30 heavy (non-hydrogen) atoms. The molecular weight excluding hydrogens is 408 g/mol. The van der Waals surface area contributed by atoms with E-state index < -0.39 is 36.6 Å². The van der Waals surface area contributed by atoms with Gasteiger partial charge in [-0.1, -0.05) is 26.0 Å². The van der Waals surface area contributed by atoms with Crippen molar-refractivity contribution in [3.8, 4) is 5.75 Å². The van der Waals surface area contributed by atoms with E-state index in [4.69, 9.17) is 4.74 Å². The van der Waals surface area contributed by atoms with E-state index in [1.165, 1.54) is 16.9 Å². The maximum atomic E-state index is 13.3. The van der Waals surface area contributed by atoms with Gasteiger partial charge in [-0.2, -0.15) is 15.2 Å². The number of hydrazone groups is 1. The molecule has 0 unspecified atom stereocenters. The van der Waals surface area contributed by atoms with Crippen LogP contribution in [0.15, 0.2) is 41.6 Å². The van der Waals surface area contributed by atoms with Crippen molar-refractivity contribution in [3.63, 3.8) is 0 Å². The molecule has 7 nitrogen and oxygen atoms in total. The molecule has 1 amide bonds. The molecular formula is C19H20F4N4O3. The van der Waals surface area contributed by atoms with Crippen molar-refractivity contribution in [1.29, 1.82) is 0 Å². The molecule has 0 fully saturated rings. The Hall–Kier alpha value is -2.95. The Morgan fingerprint density at radius 1 is 1.20 bits per heavy atom. The lowest BCUT2D eigenvalue weighted by Crippen LogP contribution is -2.51. The number of benzene rings is 1. The first-order valence-electron chi connectivity index (χ1n) is 9.08. The molecule has 1 aliphatic heterocycles. The van der Waals surface area contributed by atoms with Crippen molar-refractivity contribution >= 4 is 11.6 Å². The summed E-state index contributed by atoms with van der Waals surface area (Å²) in [5.41, 5.74) is -3.37. The summed E-state index contributed by atoms with van der Waals surface area (Å²) >= 11 is 0. The van der Waals surface area contributed by atoms with Gasteiger partial charge in [0.05, 0.1) is 0 Å². The number of rotatable bonds is 7. The zero-order chi connectivity index (χ0) is 22.1. The number of nitrogens with zero attached hydrogens (tertiary/aromatic N) is 4. The number of aliphatic hydroxyl groups is 1. The molecule has 2 aromatic rings. The van der Waals surface area contributed by atoms with Crippen molar-refractivity contribution in [2.24, 2.45) is 5.10 Å². The molecule has 0 aliphatic carbocycles. The minimum Gasteiger partial charge on any atom is -0.471 e. The number of alkyl halides is 4. The van der Waals surface area contributed by atoms with E-state index in [0.29, 0.717) is 11.7 Å². The van der Waals surface area contributed by atoms with E-state index in [2.05, 4.69) is 24.0 Å². The average molecular weight is 428 g/mol. The van der Waals surface area contributed by atoms with Crippen LogP contribution < -0.4 is 4.74 Å². The zero-order valence-corrected chi connectivity index (χ0v) is 16.2. The second kappa shape index (κ2) is 8.42. The van der Waals surface area contributed by atoms with Crippen LogP contribution in [0.5, 0.6) is 5.75 Å². The van der Waals surface area contributed by atoms with Crippen LogP contribution in [0, 0.1) is 0 Å². The Bertz CT molecular complexity index is 930. The number of amides is 1. The molecule has 3 rings (SSSR count). The van der Waals surface area contributed by atoms with E-state index in [9.17, 15) is 27.5 Å². The third-order valence-corrected chi connectivity index (χ3v) is 4.60. The standard InChI is InChI=1S/C19H20F4N4O3/c1-11(2)12-3-5-13(6-4-12)30-10-26-8-7-14(24-26)17(28)27-19(29,18(22)23)9-15(25-27)16(20)21/h3-8,11,16,18,29H,9-10H2,1-2H3/t19-/m1/s1. The predicted molar refractivity (Wildman–Crippen MR) is 98.6 cm³/mol.